The smallest absolute Gasteiger partial charge is 0.259 e. The van der Waals surface area contributed by atoms with Gasteiger partial charge in [-0.3, -0.25) is 9.69 Å². The topological polar surface area (TPSA) is 52.9 Å². The summed E-state index contributed by atoms with van der Waals surface area (Å²) in [4.78, 5) is 22.3. The van der Waals surface area contributed by atoms with Gasteiger partial charge in [0.1, 0.15) is 5.65 Å². The summed E-state index contributed by atoms with van der Waals surface area (Å²) in [5.74, 6) is -0.136. The quantitative estimate of drug-likeness (QED) is 0.717. The summed E-state index contributed by atoms with van der Waals surface area (Å²) in [6, 6.07) is 11.3. The maximum atomic E-state index is 12.8. The van der Waals surface area contributed by atoms with Crippen LogP contribution in [0.4, 0.5) is 11.4 Å². The van der Waals surface area contributed by atoms with Crippen LogP contribution >= 0.6 is 0 Å². The molecule has 156 valence electrons. The first kappa shape index (κ1) is 19.1. The molecule has 2 unspecified atom stereocenters. The Labute approximate surface area is 177 Å². The fraction of sp³-hybridized carbons (Fsp3) is 0.417. The average Bonchev–Trinajstić information content (AvgIpc) is 3.47. The number of anilines is 2. The zero-order valence-electron chi connectivity index (χ0n) is 17.7. The number of aromatic nitrogens is 2. The molecular weight excluding hydrogens is 374 g/mol. The van der Waals surface area contributed by atoms with Gasteiger partial charge in [-0.1, -0.05) is 0 Å². The van der Waals surface area contributed by atoms with Crippen LogP contribution in [-0.4, -0.2) is 51.9 Å². The first-order valence-corrected chi connectivity index (χ1v) is 10.9. The molecule has 0 spiro atoms. The van der Waals surface area contributed by atoms with E-state index < -0.39 is 0 Å². The van der Waals surface area contributed by atoms with E-state index >= 15 is 0 Å². The summed E-state index contributed by atoms with van der Waals surface area (Å²) in [6.45, 7) is 7.93. The number of imidazole rings is 1. The van der Waals surface area contributed by atoms with Crippen LogP contribution in [0.5, 0.6) is 0 Å². The minimum atomic E-state index is -0.136. The molecule has 2 fully saturated rings. The van der Waals surface area contributed by atoms with Crippen LogP contribution in [0.2, 0.25) is 0 Å². The van der Waals surface area contributed by atoms with Gasteiger partial charge in [0.2, 0.25) is 0 Å². The van der Waals surface area contributed by atoms with Crippen LogP contribution in [0.25, 0.3) is 5.65 Å². The van der Waals surface area contributed by atoms with Crippen LogP contribution < -0.4 is 10.2 Å². The van der Waals surface area contributed by atoms with Gasteiger partial charge in [-0.25, -0.2) is 4.98 Å². The fourth-order valence-corrected chi connectivity index (χ4v) is 5.14. The van der Waals surface area contributed by atoms with Crippen LogP contribution in [0.15, 0.2) is 48.9 Å². The Morgan fingerprint density at radius 2 is 2.07 bits per heavy atom. The van der Waals surface area contributed by atoms with E-state index in [1.54, 1.807) is 6.20 Å². The summed E-state index contributed by atoms with van der Waals surface area (Å²) in [7, 11) is 0. The number of nitrogens with zero attached hydrogens (tertiary/aromatic N) is 4. The van der Waals surface area contributed by atoms with Crippen molar-refractivity contribution in [2.45, 2.75) is 45.2 Å². The second-order valence-corrected chi connectivity index (χ2v) is 8.65. The SMILES string of the molecule is Cc1cc(NC(=O)c2cccn3ccnc23)ccc1N1CCC(N2CCCC2C)C1. The molecule has 6 heteroatoms. The van der Waals surface area contributed by atoms with Gasteiger partial charge in [-0.05, 0) is 75.5 Å². The highest BCUT2D eigenvalue weighted by molar-refractivity contribution is 6.08. The fourth-order valence-electron chi connectivity index (χ4n) is 5.14. The van der Waals surface area contributed by atoms with Crippen molar-refractivity contribution in [3.05, 3.63) is 60.0 Å². The summed E-state index contributed by atoms with van der Waals surface area (Å²) in [5.41, 5.74) is 4.53. The van der Waals surface area contributed by atoms with Crippen molar-refractivity contribution in [2.75, 3.05) is 29.9 Å². The number of hydrogen-bond acceptors (Lipinski definition) is 4. The molecule has 0 aliphatic carbocycles. The van der Waals surface area contributed by atoms with E-state index in [-0.39, 0.29) is 5.91 Å². The number of benzene rings is 1. The monoisotopic (exact) mass is 403 g/mol. The Hall–Kier alpha value is -2.86. The first-order valence-electron chi connectivity index (χ1n) is 10.9. The van der Waals surface area contributed by atoms with Crippen LogP contribution in [0, 0.1) is 6.92 Å². The Balaban J connectivity index is 1.29. The molecule has 2 aromatic heterocycles. The number of likely N-dealkylation sites (tertiary alicyclic amines) is 1. The molecule has 2 saturated heterocycles. The third-order valence-electron chi connectivity index (χ3n) is 6.70. The Kier molecular flexibility index (Phi) is 4.95. The van der Waals surface area contributed by atoms with Crippen LogP contribution in [-0.2, 0) is 0 Å². The minimum absolute atomic E-state index is 0.136. The highest BCUT2D eigenvalue weighted by Crippen LogP contribution is 2.31. The third kappa shape index (κ3) is 3.45. The molecule has 0 saturated carbocycles. The van der Waals surface area contributed by atoms with Gasteiger partial charge >= 0.3 is 0 Å². The number of rotatable bonds is 4. The molecule has 6 nitrogen and oxygen atoms in total. The first-order chi connectivity index (χ1) is 14.6. The Morgan fingerprint density at radius 3 is 2.87 bits per heavy atom. The van der Waals surface area contributed by atoms with Crippen molar-refractivity contribution < 1.29 is 4.79 Å². The summed E-state index contributed by atoms with van der Waals surface area (Å²) >= 11 is 0. The largest absolute Gasteiger partial charge is 0.370 e. The van der Waals surface area contributed by atoms with Gasteiger partial charge in [0, 0.05) is 55.1 Å². The number of pyridine rings is 1. The molecule has 5 rings (SSSR count). The van der Waals surface area contributed by atoms with Gasteiger partial charge < -0.3 is 14.6 Å². The van der Waals surface area contributed by atoms with Crippen molar-refractivity contribution >= 4 is 22.9 Å². The lowest BCUT2D eigenvalue weighted by molar-refractivity contribution is 0.102. The molecule has 1 aromatic carbocycles. The van der Waals surface area contributed by atoms with Crippen molar-refractivity contribution in [3.63, 3.8) is 0 Å². The van der Waals surface area contributed by atoms with Gasteiger partial charge in [0.05, 0.1) is 5.56 Å². The number of nitrogens with one attached hydrogen (secondary N) is 1. The minimum Gasteiger partial charge on any atom is -0.370 e. The molecule has 2 aliphatic heterocycles. The lowest BCUT2D eigenvalue weighted by Crippen LogP contribution is -2.39. The number of fused-ring (bicyclic) bond motifs is 1. The standard InChI is InChI=1S/C24H29N5O/c1-17-15-19(26-24(30)21-6-4-11-27-14-10-25-23(21)27)7-8-22(17)28-13-9-20(16-28)29-12-3-5-18(29)2/h4,6-8,10-11,14-15,18,20H,3,5,9,12-13,16H2,1-2H3,(H,26,30). The number of amides is 1. The molecule has 3 aromatic rings. The maximum Gasteiger partial charge on any atom is 0.259 e. The molecule has 1 N–H and O–H groups in total. The van der Waals surface area contributed by atoms with E-state index in [0.29, 0.717) is 23.3 Å². The normalized spacial score (nSPS) is 22.1. The van der Waals surface area contributed by atoms with Gasteiger partial charge in [-0.15, -0.1) is 0 Å². The van der Waals surface area contributed by atoms with Crippen LogP contribution in [0.3, 0.4) is 0 Å². The van der Waals surface area contributed by atoms with Crippen molar-refractivity contribution in [3.8, 4) is 0 Å². The van der Waals surface area contributed by atoms with E-state index in [1.165, 1.54) is 37.1 Å². The second-order valence-electron chi connectivity index (χ2n) is 8.65. The zero-order valence-corrected chi connectivity index (χ0v) is 17.7. The predicted octanol–water partition coefficient (Wildman–Crippen LogP) is 3.96. The van der Waals surface area contributed by atoms with E-state index in [4.69, 9.17) is 0 Å². The predicted molar refractivity (Wildman–Crippen MR) is 120 cm³/mol. The van der Waals surface area contributed by atoms with E-state index in [0.717, 1.165) is 18.8 Å². The second kappa shape index (κ2) is 7.76. The molecular formula is C24H29N5O. The molecule has 4 heterocycles. The van der Waals surface area contributed by atoms with Gasteiger partial charge in [0.25, 0.3) is 5.91 Å². The van der Waals surface area contributed by atoms with Crippen molar-refractivity contribution in [1.82, 2.24) is 14.3 Å². The Bertz CT molecular complexity index is 1070. The lowest BCUT2D eigenvalue weighted by Gasteiger charge is -2.29. The highest BCUT2D eigenvalue weighted by atomic mass is 16.1. The molecule has 30 heavy (non-hydrogen) atoms. The number of aryl methyl sites for hydroxylation is 1. The third-order valence-corrected chi connectivity index (χ3v) is 6.70. The van der Waals surface area contributed by atoms with Gasteiger partial charge in [-0.2, -0.15) is 0 Å². The molecule has 0 bridgehead atoms. The zero-order chi connectivity index (χ0) is 20.7. The number of carbonyl (C=O) groups is 1. The van der Waals surface area contributed by atoms with Crippen molar-refractivity contribution in [1.29, 1.82) is 0 Å². The number of carbonyl (C=O) groups excluding carboxylic acids is 1. The summed E-state index contributed by atoms with van der Waals surface area (Å²) in [6.07, 6.45) is 9.34. The van der Waals surface area contributed by atoms with E-state index in [2.05, 4.69) is 46.1 Å². The van der Waals surface area contributed by atoms with Gasteiger partial charge in [0.15, 0.2) is 0 Å². The van der Waals surface area contributed by atoms with E-state index in [1.807, 2.05) is 35.0 Å². The molecule has 2 atom stereocenters. The average molecular weight is 404 g/mol. The lowest BCUT2D eigenvalue weighted by atomic mass is 10.1. The van der Waals surface area contributed by atoms with Crippen LogP contribution in [0.1, 0.15) is 42.1 Å². The van der Waals surface area contributed by atoms with Crippen molar-refractivity contribution in [2.24, 2.45) is 0 Å². The maximum absolute atomic E-state index is 12.8. The summed E-state index contributed by atoms with van der Waals surface area (Å²) in [5, 5.41) is 3.04. The molecule has 1 amide bonds. The highest BCUT2D eigenvalue weighted by Gasteiger charge is 2.33. The number of hydrogen-bond donors (Lipinski definition) is 1. The Morgan fingerprint density at radius 1 is 1.17 bits per heavy atom. The van der Waals surface area contributed by atoms with E-state index in [9.17, 15) is 4.79 Å². The summed E-state index contributed by atoms with van der Waals surface area (Å²) < 4.78 is 1.86. The molecule has 2 aliphatic rings. The molecule has 0 radical (unpaired) electrons.